The molecule has 0 spiro atoms. The Morgan fingerprint density at radius 1 is 1.43 bits per heavy atom. The molecule has 0 rings (SSSR count). The van der Waals surface area contributed by atoms with E-state index in [0.29, 0.717) is 0 Å². The molecular weight excluding hydrogens is 221 g/mol. The molecule has 0 aliphatic carbocycles. The van der Waals surface area contributed by atoms with Crippen molar-refractivity contribution in [3.05, 3.63) is 0 Å². The van der Waals surface area contributed by atoms with E-state index in [0.717, 1.165) is 0 Å². The largest absolute Gasteiger partial charge is 0.406 e. The normalized spacial score (nSPS) is 15.5. The predicted molar refractivity (Wildman–Crippen MR) is 46.1 cm³/mol. The molecule has 4 nitrogen and oxygen atoms in total. The summed E-state index contributed by atoms with van der Waals surface area (Å²) in [6.07, 6.45) is -4.39. The van der Waals surface area contributed by atoms with Crippen LogP contribution in [0.2, 0.25) is 0 Å². The highest BCUT2D eigenvalue weighted by molar-refractivity contribution is 7.89. The van der Waals surface area contributed by atoms with Crippen molar-refractivity contribution in [2.45, 2.75) is 25.6 Å². The number of sulfonamides is 1. The fraction of sp³-hybridized carbons (Fsp3) is 1.00. The SMILES string of the molecule is CCCS(=O)(=O)NC(CN)C(F)(F)F. The monoisotopic (exact) mass is 234 g/mol. The van der Waals surface area contributed by atoms with Crippen molar-refractivity contribution in [3.8, 4) is 0 Å². The van der Waals surface area contributed by atoms with Crippen LogP contribution in [0.25, 0.3) is 0 Å². The van der Waals surface area contributed by atoms with Crippen LogP contribution >= 0.6 is 0 Å². The molecule has 1 atom stereocenters. The molecule has 0 bridgehead atoms. The second-order valence-corrected chi connectivity index (χ2v) is 4.64. The Bertz CT molecular complexity index is 263. The third-order valence-electron chi connectivity index (χ3n) is 1.43. The Hall–Kier alpha value is -0.340. The van der Waals surface area contributed by atoms with Gasteiger partial charge in [0.1, 0.15) is 6.04 Å². The van der Waals surface area contributed by atoms with Gasteiger partial charge in [-0.1, -0.05) is 6.92 Å². The van der Waals surface area contributed by atoms with Crippen LogP contribution in [0.15, 0.2) is 0 Å². The van der Waals surface area contributed by atoms with Gasteiger partial charge in [-0.25, -0.2) is 13.1 Å². The Morgan fingerprint density at radius 3 is 2.21 bits per heavy atom. The molecule has 0 saturated carbocycles. The Balaban J connectivity index is 4.48. The van der Waals surface area contributed by atoms with Crippen LogP contribution in [0.3, 0.4) is 0 Å². The lowest BCUT2D eigenvalue weighted by Crippen LogP contribution is -2.50. The zero-order valence-corrected chi connectivity index (χ0v) is 8.45. The van der Waals surface area contributed by atoms with Gasteiger partial charge in [0.25, 0.3) is 0 Å². The maximum absolute atomic E-state index is 12.1. The van der Waals surface area contributed by atoms with Crippen LogP contribution in [-0.4, -0.2) is 32.9 Å². The number of rotatable bonds is 5. The van der Waals surface area contributed by atoms with E-state index < -0.39 is 28.8 Å². The van der Waals surface area contributed by atoms with Gasteiger partial charge in [0.2, 0.25) is 10.0 Å². The summed E-state index contributed by atoms with van der Waals surface area (Å²) >= 11 is 0. The van der Waals surface area contributed by atoms with Crippen molar-refractivity contribution in [1.82, 2.24) is 4.72 Å². The summed E-state index contributed by atoms with van der Waals surface area (Å²) in [7, 11) is -3.88. The van der Waals surface area contributed by atoms with Crippen LogP contribution in [0.1, 0.15) is 13.3 Å². The van der Waals surface area contributed by atoms with E-state index >= 15 is 0 Å². The fourth-order valence-electron chi connectivity index (χ4n) is 0.793. The van der Waals surface area contributed by atoms with Gasteiger partial charge in [0.15, 0.2) is 0 Å². The average Bonchev–Trinajstić information content (AvgIpc) is 1.98. The quantitative estimate of drug-likeness (QED) is 0.714. The molecule has 0 aromatic heterocycles. The molecule has 0 amide bonds. The van der Waals surface area contributed by atoms with Crippen molar-refractivity contribution in [2.75, 3.05) is 12.3 Å². The average molecular weight is 234 g/mol. The van der Waals surface area contributed by atoms with E-state index in [9.17, 15) is 21.6 Å². The minimum atomic E-state index is -4.64. The van der Waals surface area contributed by atoms with Crippen LogP contribution in [0, 0.1) is 0 Å². The molecule has 86 valence electrons. The molecule has 1 unspecified atom stereocenters. The minimum Gasteiger partial charge on any atom is -0.329 e. The Kier molecular flexibility index (Phi) is 4.82. The first-order valence-corrected chi connectivity index (χ1v) is 5.65. The molecule has 8 heteroatoms. The van der Waals surface area contributed by atoms with Gasteiger partial charge in [-0.3, -0.25) is 0 Å². The van der Waals surface area contributed by atoms with E-state index in [1.165, 1.54) is 4.72 Å². The first-order chi connectivity index (χ1) is 6.23. The summed E-state index contributed by atoms with van der Waals surface area (Å²) in [6, 6.07) is -2.20. The van der Waals surface area contributed by atoms with Gasteiger partial charge in [-0.15, -0.1) is 0 Å². The second kappa shape index (κ2) is 4.94. The lowest BCUT2D eigenvalue weighted by atomic mass is 10.3. The lowest BCUT2D eigenvalue weighted by Gasteiger charge is -2.19. The first-order valence-electron chi connectivity index (χ1n) is 3.99. The Labute approximate surface area is 80.7 Å². The topological polar surface area (TPSA) is 72.2 Å². The van der Waals surface area contributed by atoms with Gasteiger partial charge in [0.05, 0.1) is 5.75 Å². The van der Waals surface area contributed by atoms with E-state index in [-0.39, 0.29) is 12.2 Å². The van der Waals surface area contributed by atoms with E-state index in [1.54, 1.807) is 6.92 Å². The third kappa shape index (κ3) is 4.77. The highest BCUT2D eigenvalue weighted by Crippen LogP contribution is 2.19. The third-order valence-corrected chi connectivity index (χ3v) is 3.01. The number of hydrogen-bond acceptors (Lipinski definition) is 3. The molecule has 0 aliphatic heterocycles. The van der Waals surface area contributed by atoms with E-state index in [2.05, 4.69) is 0 Å². The Morgan fingerprint density at radius 2 is 1.93 bits per heavy atom. The smallest absolute Gasteiger partial charge is 0.329 e. The van der Waals surface area contributed by atoms with Crippen molar-refractivity contribution in [2.24, 2.45) is 5.73 Å². The minimum absolute atomic E-state index is 0.254. The highest BCUT2D eigenvalue weighted by atomic mass is 32.2. The van der Waals surface area contributed by atoms with Gasteiger partial charge in [-0.05, 0) is 6.42 Å². The summed E-state index contributed by atoms with van der Waals surface area (Å²) < 4.78 is 59.7. The molecule has 0 aromatic carbocycles. The fourth-order valence-corrected chi connectivity index (χ4v) is 2.11. The summed E-state index contributed by atoms with van der Waals surface area (Å²) in [4.78, 5) is 0. The first kappa shape index (κ1) is 13.7. The van der Waals surface area contributed by atoms with Crippen molar-refractivity contribution in [3.63, 3.8) is 0 Å². The van der Waals surface area contributed by atoms with Crippen molar-refractivity contribution >= 4 is 10.0 Å². The number of nitrogens with two attached hydrogens (primary N) is 1. The standard InChI is InChI=1S/C6H13F3N2O2S/c1-2-3-14(12,13)11-5(4-10)6(7,8)9/h5,11H,2-4,10H2,1H3. The molecule has 0 fully saturated rings. The summed E-state index contributed by atoms with van der Waals surface area (Å²) in [5.74, 6) is -0.334. The van der Waals surface area contributed by atoms with Gasteiger partial charge >= 0.3 is 6.18 Å². The van der Waals surface area contributed by atoms with E-state index in [4.69, 9.17) is 5.73 Å². The number of hydrogen-bond donors (Lipinski definition) is 2. The zero-order valence-electron chi connectivity index (χ0n) is 7.63. The van der Waals surface area contributed by atoms with Crippen molar-refractivity contribution < 1.29 is 21.6 Å². The second-order valence-electron chi connectivity index (χ2n) is 2.77. The maximum Gasteiger partial charge on any atom is 0.406 e. The van der Waals surface area contributed by atoms with Crippen LogP contribution in [-0.2, 0) is 10.0 Å². The molecule has 0 radical (unpaired) electrons. The summed E-state index contributed by atoms with van der Waals surface area (Å²) in [6.45, 7) is 0.761. The number of halogens is 3. The summed E-state index contributed by atoms with van der Waals surface area (Å²) in [5, 5.41) is 0. The van der Waals surface area contributed by atoms with Gasteiger partial charge in [0, 0.05) is 6.54 Å². The van der Waals surface area contributed by atoms with E-state index in [1.807, 2.05) is 0 Å². The zero-order chi connectivity index (χ0) is 11.4. The molecule has 0 heterocycles. The lowest BCUT2D eigenvalue weighted by molar-refractivity contribution is -0.148. The van der Waals surface area contributed by atoms with Gasteiger partial charge in [-0.2, -0.15) is 13.2 Å². The number of nitrogens with one attached hydrogen (secondary N) is 1. The molecule has 0 aliphatic rings. The predicted octanol–water partition coefficient (Wildman–Crippen LogP) is 0.205. The number of alkyl halides is 3. The van der Waals surface area contributed by atoms with Crippen molar-refractivity contribution in [1.29, 1.82) is 0 Å². The molecule has 3 N–H and O–H groups in total. The van der Waals surface area contributed by atoms with Gasteiger partial charge < -0.3 is 5.73 Å². The molecular formula is C6H13F3N2O2S. The molecule has 0 aromatic rings. The van der Waals surface area contributed by atoms with Crippen LogP contribution in [0.4, 0.5) is 13.2 Å². The van der Waals surface area contributed by atoms with Crippen LogP contribution < -0.4 is 10.5 Å². The molecule has 14 heavy (non-hydrogen) atoms. The molecule has 0 saturated heterocycles. The summed E-state index contributed by atoms with van der Waals surface area (Å²) in [5.41, 5.74) is 4.82. The van der Waals surface area contributed by atoms with Crippen LogP contribution in [0.5, 0.6) is 0 Å². The highest BCUT2D eigenvalue weighted by Gasteiger charge is 2.40. The maximum atomic E-state index is 12.1.